The van der Waals surface area contributed by atoms with Gasteiger partial charge in [0.2, 0.25) is 5.95 Å². The number of rotatable bonds is 4. The number of carbonyl (C=O) groups is 1. The third kappa shape index (κ3) is 4.26. The van der Waals surface area contributed by atoms with Gasteiger partial charge in [0.25, 0.3) is 11.6 Å². The van der Waals surface area contributed by atoms with E-state index in [2.05, 4.69) is 33.5 Å². The van der Waals surface area contributed by atoms with Gasteiger partial charge in [0.05, 0.1) is 10.4 Å². The number of amides is 1. The SMILES string of the molecule is Cc1ccc2nc(N3CCN(C(=O)c4ccc([N+](=O)[O-])cc4)CC3)n3c(C4CCCCC4)nnc3c2c1. The van der Waals surface area contributed by atoms with Gasteiger partial charge in [-0.25, -0.2) is 9.38 Å². The number of benzene rings is 2. The number of carbonyl (C=O) groups excluding carboxylic acids is 1. The second-order valence-corrected chi connectivity index (χ2v) is 10.1. The molecule has 0 N–H and O–H groups in total. The largest absolute Gasteiger partial charge is 0.338 e. The molecule has 2 aliphatic rings. The molecule has 10 heteroatoms. The fraction of sp³-hybridized carbons (Fsp3) is 0.407. The lowest BCUT2D eigenvalue weighted by Crippen LogP contribution is -2.49. The Balaban J connectivity index is 1.31. The number of fused-ring (bicyclic) bond motifs is 3. The van der Waals surface area contributed by atoms with E-state index in [1.807, 2.05) is 6.07 Å². The van der Waals surface area contributed by atoms with Crippen LogP contribution in [-0.4, -0.2) is 61.5 Å². The van der Waals surface area contributed by atoms with Crippen LogP contribution in [0.3, 0.4) is 0 Å². The molecule has 1 amide bonds. The minimum absolute atomic E-state index is 0.0225. The first kappa shape index (κ1) is 23.3. The summed E-state index contributed by atoms with van der Waals surface area (Å²) in [5.74, 6) is 2.08. The minimum Gasteiger partial charge on any atom is -0.338 e. The summed E-state index contributed by atoms with van der Waals surface area (Å²) in [4.78, 5) is 32.7. The summed E-state index contributed by atoms with van der Waals surface area (Å²) < 4.78 is 2.16. The lowest BCUT2D eigenvalue weighted by molar-refractivity contribution is -0.384. The van der Waals surface area contributed by atoms with Crippen LogP contribution in [0.5, 0.6) is 0 Å². The number of hydrogen-bond acceptors (Lipinski definition) is 7. The smallest absolute Gasteiger partial charge is 0.269 e. The van der Waals surface area contributed by atoms with Gasteiger partial charge in [0.1, 0.15) is 5.82 Å². The van der Waals surface area contributed by atoms with Gasteiger partial charge in [0.15, 0.2) is 5.65 Å². The highest BCUT2D eigenvalue weighted by Gasteiger charge is 2.29. The van der Waals surface area contributed by atoms with Crippen molar-refractivity contribution in [3.8, 4) is 0 Å². The van der Waals surface area contributed by atoms with Crippen LogP contribution < -0.4 is 4.90 Å². The van der Waals surface area contributed by atoms with E-state index in [0.29, 0.717) is 37.7 Å². The van der Waals surface area contributed by atoms with Crippen molar-refractivity contribution in [3.63, 3.8) is 0 Å². The molecule has 0 unspecified atom stereocenters. The average Bonchev–Trinajstić information content (AvgIpc) is 3.39. The molecule has 37 heavy (non-hydrogen) atoms. The lowest BCUT2D eigenvalue weighted by Gasteiger charge is -2.36. The van der Waals surface area contributed by atoms with Crippen LogP contribution in [0.4, 0.5) is 11.6 Å². The van der Waals surface area contributed by atoms with Crippen LogP contribution >= 0.6 is 0 Å². The Bertz CT molecular complexity index is 1480. The van der Waals surface area contributed by atoms with Crippen molar-refractivity contribution >= 4 is 34.1 Å². The number of nitrogens with zero attached hydrogens (tertiary/aromatic N) is 7. The maximum atomic E-state index is 13.1. The van der Waals surface area contributed by atoms with Gasteiger partial charge in [-0.2, -0.15) is 0 Å². The van der Waals surface area contributed by atoms with Gasteiger partial charge in [0, 0.05) is 55.2 Å². The third-order valence-corrected chi connectivity index (χ3v) is 7.65. The number of nitro benzene ring substituents is 1. The van der Waals surface area contributed by atoms with Gasteiger partial charge in [-0.3, -0.25) is 14.9 Å². The topological polar surface area (TPSA) is 110 Å². The number of piperazine rings is 1. The highest BCUT2D eigenvalue weighted by atomic mass is 16.6. The Kier molecular flexibility index (Phi) is 5.94. The summed E-state index contributed by atoms with van der Waals surface area (Å²) in [6, 6.07) is 12.0. The molecule has 2 aromatic carbocycles. The molecule has 2 fully saturated rings. The molecule has 0 spiro atoms. The van der Waals surface area contributed by atoms with E-state index >= 15 is 0 Å². The minimum atomic E-state index is -0.460. The summed E-state index contributed by atoms with van der Waals surface area (Å²) in [6.07, 6.45) is 5.91. The van der Waals surface area contributed by atoms with E-state index in [1.165, 1.54) is 43.5 Å². The number of anilines is 1. The van der Waals surface area contributed by atoms with E-state index in [4.69, 9.17) is 10.1 Å². The zero-order valence-electron chi connectivity index (χ0n) is 20.8. The van der Waals surface area contributed by atoms with Crippen molar-refractivity contribution < 1.29 is 9.72 Å². The van der Waals surface area contributed by atoms with Crippen molar-refractivity contribution in [2.24, 2.45) is 0 Å². The number of non-ortho nitro benzene ring substituents is 1. The Morgan fingerprint density at radius 1 is 0.973 bits per heavy atom. The van der Waals surface area contributed by atoms with E-state index in [1.54, 1.807) is 4.90 Å². The first-order chi connectivity index (χ1) is 18.0. The summed E-state index contributed by atoms with van der Waals surface area (Å²) >= 11 is 0. The van der Waals surface area contributed by atoms with Crippen LogP contribution in [0.2, 0.25) is 0 Å². The van der Waals surface area contributed by atoms with Crippen molar-refractivity contribution in [2.45, 2.75) is 44.9 Å². The summed E-state index contributed by atoms with van der Waals surface area (Å²) in [6.45, 7) is 4.39. The third-order valence-electron chi connectivity index (χ3n) is 7.65. The molecule has 4 aromatic rings. The maximum Gasteiger partial charge on any atom is 0.269 e. The van der Waals surface area contributed by atoms with Crippen molar-refractivity contribution in [1.82, 2.24) is 24.5 Å². The fourth-order valence-corrected chi connectivity index (χ4v) is 5.61. The lowest BCUT2D eigenvalue weighted by atomic mass is 9.89. The van der Waals surface area contributed by atoms with Gasteiger partial charge in [-0.15, -0.1) is 10.2 Å². The van der Waals surface area contributed by atoms with Gasteiger partial charge in [-0.1, -0.05) is 30.9 Å². The van der Waals surface area contributed by atoms with Crippen molar-refractivity contribution in [3.05, 3.63) is 69.5 Å². The molecule has 1 aliphatic heterocycles. The standard InChI is InChI=1S/C27H29N7O3/c1-18-7-12-23-22(17-18)25-30-29-24(19-5-3-2-4-6-19)33(25)27(28-23)32-15-13-31(14-16-32)26(35)20-8-10-21(11-9-20)34(36)37/h7-12,17,19H,2-6,13-16H2,1H3. The van der Waals surface area contributed by atoms with Gasteiger partial charge < -0.3 is 9.80 Å². The average molecular weight is 500 g/mol. The molecule has 2 aromatic heterocycles. The molecule has 10 nitrogen and oxygen atoms in total. The molecule has 1 saturated carbocycles. The van der Waals surface area contributed by atoms with E-state index < -0.39 is 4.92 Å². The van der Waals surface area contributed by atoms with E-state index in [9.17, 15) is 14.9 Å². The van der Waals surface area contributed by atoms with Crippen molar-refractivity contribution in [1.29, 1.82) is 0 Å². The fourth-order valence-electron chi connectivity index (χ4n) is 5.61. The molecule has 1 saturated heterocycles. The normalized spacial score (nSPS) is 17.0. The molecular weight excluding hydrogens is 470 g/mol. The van der Waals surface area contributed by atoms with Crippen LogP contribution in [0.15, 0.2) is 42.5 Å². The van der Waals surface area contributed by atoms with Gasteiger partial charge in [-0.05, 0) is 44.0 Å². The monoisotopic (exact) mass is 499 g/mol. The second kappa shape index (κ2) is 9.42. The van der Waals surface area contributed by atoms with Crippen LogP contribution in [0.25, 0.3) is 16.6 Å². The second-order valence-electron chi connectivity index (χ2n) is 10.1. The number of aromatic nitrogens is 4. The molecule has 0 atom stereocenters. The zero-order chi connectivity index (χ0) is 25.5. The predicted octanol–water partition coefficient (Wildman–Crippen LogP) is 4.50. The van der Waals surface area contributed by atoms with Crippen LogP contribution in [0.1, 0.15) is 59.8 Å². The first-order valence-corrected chi connectivity index (χ1v) is 12.9. The van der Waals surface area contributed by atoms with Crippen LogP contribution in [-0.2, 0) is 0 Å². The Hall–Kier alpha value is -4.08. The highest BCUT2D eigenvalue weighted by Crippen LogP contribution is 2.35. The molecule has 0 radical (unpaired) electrons. The Morgan fingerprint density at radius 2 is 1.70 bits per heavy atom. The summed E-state index contributed by atoms with van der Waals surface area (Å²) in [5.41, 5.74) is 3.32. The molecule has 0 bridgehead atoms. The van der Waals surface area contributed by atoms with E-state index in [0.717, 1.165) is 46.7 Å². The quantitative estimate of drug-likeness (QED) is 0.300. The van der Waals surface area contributed by atoms with Crippen LogP contribution in [0, 0.1) is 17.0 Å². The highest BCUT2D eigenvalue weighted by molar-refractivity contribution is 5.95. The maximum absolute atomic E-state index is 13.1. The Labute approximate surface area is 214 Å². The summed E-state index contributed by atoms with van der Waals surface area (Å²) in [7, 11) is 0. The molecular formula is C27H29N7O3. The van der Waals surface area contributed by atoms with Crippen molar-refractivity contribution in [2.75, 3.05) is 31.1 Å². The molecule has 1 aliphatic carbocycles. The van der Waals surface area contributed by atoms with E-state index in [-0.39, 0.29) is 11.6 Å². The number of aryl methyl sites for hydroxylation is 1. The zero-order valence-corrected chi connectivity index (χ0v) is 20.8. The Morgan fingerprint density at radius 3 is 2.41 bits per heavy atom. The number of hydrogen-bond donors (Lipinski definition) is 0. The molecule has 3 heterocycles. The molecule has 6 rings (SSSR count). The first-order valence-electron chi connectivity index (χ1n) is 12.9. The molecule has 190 valence electrons. The predicted molar refractivity (Wildman–Crippen MR) is 140 cm³/mol. The number of nitro groups is 1. The van der Waals surface area contributed by atoms with Gasteiger partial charge >= 0.3 is 0 Å². The summed E-state index contributed by atoms with van der Waals surface area (Å²) in [5, 5.41) is 21.3.